The maximum atomic E-state index is 5.35. The molecule has 0 aromatic heterocycles. The number of guanidine groups is 1. The highest BCUT2D eigenvalue weighted by Crippen LogP contribution is 2.18. The molecule has 2 N–H and O–H groups in total. The van der Waals surface area contributed by atoms with Crippen molar-refractivity contribution in [1.82, 2.24) is 15.5 Å². The number of nitrogens with zero attached hydrogens (tertiary/aromatic N) is 2. The molecule has 0 atom stereocenters. The Bertz CT molecular complexity index is 518. The van der Waals surface area contributed by atoms with Crippen molar-refractivity contribution >= 4 is 5.96 Å². The maximum Gasteiger partial charge on any atom is 0.191 e. The zero-order chi connectivity index (χ0) is 17.7. The molecule has 1 heterocycles. The largest absolute Gasteiger partial charge is 0.382 e. The van der Waals surface area contributed by atoms with Gasteiger partial charge in [-0.15, -0.1) is 0 Å². The van der Waals surface area contributed by atoms with Crippen LogP contribution in [-0.2, 0) is 17.7 Å². The predicted octanol–water partition coefficient (Wildman–Crippen LogP) is 2.42. The van der Waals surface area contributed by atoms with Crippen LogP contribution in [0.3, 0.4) is 0 Å². The van der Waals surface area contributed by atoms with Crippen LogP contribution in [0.15, 0.2) is 29.3 Å². The van der Waals surface area contributed by atoms with E-state index < -0.39 is 0 Å². The normalized spacial score (nSPS) is 15.0. The van der Waals surface area contributed by atoms with E-state index in [9.17, 15) is 0 Å². The molecule has 1 aromatic carbocycles. The standard InChI is InChI=1S/C20H34N4O/c1-3-21-20(23-13-8-16-25-4-2)22-12-7-14-24-15-11-18-9-5-6-10-19(18)17-24/h5-6,9-10H,3-4,7-8,11-17H2,1-2H3,(H2,21,22,23). The van der Waals surface area contributed by atoms with Gasteiger partial charge in [0.25, 0.3) is 0 Å². The number of ether oxygens (including phenoxy) is 1. The van der Waals surface area contributed by atoms with Gasteiger partial charge in [0.2, 0.25) is 0 Å². The summed E-state index contributed by atoms with van der Waals surface area (Å²) < 4.78 is 5.35. The molecule has 0 spiro atoms. The van der Waals surface area contributed by atoms with E-state index >= 15 is 0 Å². The van der Waals surface area contributed by atoms with Crippen molar-refractivity contribution in [2.24, 2.45) is 4.99 Å². The summed E-state index contributed by atoms with van der Waals surface area (Å²) in [4.78, 5) is 7.15. The molecule has 140 valence electrons. The molecule has 25 heavy (non-hydrogen) atoms. The minimum atomic E-state index is 0.781. The smallest absolute Gasteiger partial charge is 0.191 e. The first-order valence-electron chi connectivity index (χ1n) is 9.72. The van der Waals surface area contributed by atoms with Gasteiger partial charge in [-0.1, -0.05) is 24.3 Å². The molecule has 5 heteroatoms. The number of hydrogen-bond donors (Lipinski definition) is 2. The van der Waals surface area contributed by atoms with Gasteiger partial charge in [-0.25, -0.2) is 0 Å². The van der Waals surface area contributed by atoms with Crippen LogP contribution in [0.25, 0.3) is 0 Å². The SMILES string of the molecule is CCNC(=NCCCOCC)NCCCN1CCc2ccccc2C1. The maximum absolute atomic E-state index is 5.35. The molecule has 5 nitrogen and oxygen atoms in total. The van der Waals surface area contributed by atoms with Gasteiger partial charge < -0.3 is 15.4 Å². The summed E-state index contributed by atoms with van der Waals surface area (Å²) in [6.07, 6.45) is 3.27. The molecule has 0 amide bonds. The topological polar surface area (TPSA) is 48.9 Å². The quantitative estimate of drug-likeness (QED) is 0.388. The van der Waals surface area contributed by atoms with Crippen LogP contribution in [0.4, 0.5) is 0 Å². The third kappa shape index (κ3) is 7.45. The van der Waals surface area contributed by atoms with Crippen LogP contribution in [0.2, 0.25) is 0 Å². The zero-order valence-electron chi connectivity index (χ0n) is 15.9. The van der Waals surface area contributed by atoms with Crippen molar-refractivity contribution in [2.75, 3.05) is 45.9 Å². The van der Waals surface area contributed by atoms with Crippen LogP contribution in [-0.4, -0.2) is 56.8 Å². The summed E-state index contributed by atoms with van der Waals surface area (Å²) in [5, 5.41) is 6.75. The van der Waals surface area contributed by atoms with Crippen molar-refractivity contribution in [2.45, 2.75) is 39.7 Å². The summed E-state index contributed by atoms with van der Waals surface area (Å²) in [6.45, 7) is 11.7. The van der Waals surface area contributed by atoms with E-state index in [2.05, 4.69) is 51.7 Å². The van der Waals surface area contributed by atoms with Gasteiger partial charge in [0, 0.05) is 52.5 Å². The molecule has 1 aliphatic heterocycles. The number of aliphatic imine (C=N–C) groups is 1. The molecule has 0 fully saturated rings. The molecule has 1 aliphatic rings. The van der Waals surface area contributed by atoms with Crippen LogP contribution in [0.1, 0.15) is 37.8 Å². The highest BCUT2D eigenvalue weighted by Gasteiger charge is 2.14. The summed E-state index contributed by atoms with van der Waals surface area (Å²) in [6, 6.07) is 8.82. The van der Waals surface area contributed by atoms with Crippen LogP contribution in [0.5, 0.6) is 0 Å². The number of nitrogens with one attached hydrogen (secondary N) is 2. The second-order valence-corrected chi connectivity index (χ2v) is 6.39. The minimum Gasteiger partial charge on any atom is -0.382 e. The number of rotatable bonds is 10. The van der Waals surface area contributed by atoms with E-state index in [-0.39, 0.29) is 0 Å². The van der Waals surface area contributed by atoms with E-state index in [1.807, 2.05) is 6.92 Å². The van der Waals surface area contributed by atoms with Crippen LogP contribution < -0.4 is 10.6 Å². The highest BCUT2D eigenvalue weighted by atomic mass is 16.5. The lowest BCUT2D eigenvalue weighted by molar-refractivity contribution is 0.146. The van der Waals surface area contributed by atoms with Crippen molar-refractivity contribution in [3.05, 3.63) is 35.4 Å². The fourth-order valence-corrected chi connectivity index (χ4v) is 3.10. The second kappa shape index (κ2) is 11.9. The van der Waals surface area contributed by atoms with Crippen molar-refractivity contribution in [1.29, 1.82) is 0 Å². The first kappa shape index (κ1) is 19.7. The molecular formula is C20H34N4O. The summed E-state index contributed by atoms with van der Waals surface area (Å²) in [5.41, 5.74) is 3.01. The molecule has 0 saturated heterocycles. The van der Waals surface area contributed by atoms with Crippen LogP contribution in [0, 0.1) is 0 Å². The highest BCUT2D eigenvalue weighted by molar-refractivity contribution is 5.79. The Balaban J connectivity index is 1.64. The van der Waals surface area contributed by atoms with Gasteiger partial charge in [0.05, 0.1) is 0 Å². The lowest BCUT2D eigenvalue weighted by Gasteiger charge is -2.28. The van der Waals surface area contributed by atoms with E-state index in [4.69, 9.17) is 4.74 Å². The Morgan fingerprint density at radius 1 is 1.16 bits per heavy atom. The van der Waals surface area contributed by atoms with Crippen molar-refractivity contribution in [3.8, 4) is 0 Å². The Hall–Kier alpha value is -1.59. The van der Waals surface area contributed by atoms with E-state index in [1.54, 1.807) is 0 Å². The van der Waals surface area contributed by atoms with E-state index in [0.717, 1.165) is 64.7 Å². The fraction of sp³-hybridized carbons (Fsp3) is 0.650. The third-order valence-corrected chi connectivity index (χ3v) is 4.42. The molecule has 0 saturated carbocycles. The third-order valence-electron chi connectivity index (χ3n) is 4.42. The zero-order valence-corrected chi connectivity index (χ0v) is 15.9. The van der Waals surface area contributed by atoms with Gasteiger partial charge in [-0.05, 0) is 44.2 Å². The van der Waals surface area contributed by atoms with Crippen molar-refractivity contribution < 1.29 is 4.74 Å². The predicted molar refractivity (Wildman–Crippen MR) is 105 cm³/mol. The molecular weight excluding hydrogens is 312 g/mol. The minimum absolute atomic E-state index is 0.781. The average Bonchev–Trinajstić information content (AvgIpc) is 2.64. The molecule has 2 rings (SSSR count). The Morgan fingerprint density at radius 3 is 2.80 bits per heavy atom. The van der Waals surface area contributed by atoms with Gasteiger partial charge in [0.1, 0.15) is 0 Å². The molecule has 0 bridgehead atoms. The monoisotopic (exact) mass is 346 g/mol. The summed E-state index contributed by atoms with van der Waals surface area (Å²) in [5.74, 6) is 0.919. The van der Waals surface area contributed by atoms with Crippen LogP contribution >= 0.6 is 0 Å². The van der Waals surface area contributed by atoms with Gasteiger partial charge in [-0.2, -0.15) is 0 Å². The lowest BCUT2D eigenvalue weighted by atomic mass is 10.00. The first-order chi connectivity index (χ1) is 12.3. The Labute approximate surface area is 152 Å². The van der Waals surface area contributed by atoms with E-state index in [1.165, 1.54) is 24.1 Å². The van der Waals surface area contributed by atoms with Crippen molar-refractivity contribution in [3.63, 3.8) is 0 Å². The van der Waals surface area contributed by atoms with Gasteiger partial charge >= 0.3 is 0 Å². The first-order valence-corrected chi connectivity index (χ1v) is 9.72. The Kier molecular flexibility index (Phi) is 9.37. The average molecular weight is 347 g/mol. The summed E-state index contributed by atoms with van der Waals surface area (Å²) >= 11 is 0. The molecule has 0 radical (unpaired) electrons. The molecule has 0 aliphatic carbocycles. The van der Waals surface area contributed by atoms with Gasteiger partial charge in [-0.3, -0.25) is 9.89 Å². The number of benzene rings is 1. The lowest BCUT2D eigenvalue weighted by Crippen LogP contribution is -2.39. The summed E-state index contributed by atoms with van der Waals surface area (Å²) in [7, 11) is 0. The number of hydrogen-bond acceptors (Lipinski definition) is 3. The Morgan fingerprint density at radius 2 is 2.00 bits per heavy atom. The number of fused-ring (bicyclic) bond motifs is 1. The molecule has 0 unspecified atom stereocenters. The van der Waals surface area contributed by atoms with E-state index in [0.29, 0.717) is 0 Å². The second-order valence-electron chi connectivity index (χ2n) is 6.39. The molecule has 1 aromatic rings. The fourth-order valence-electron chi connectivity index (χ4n) is 3.10. The van der Waals surface area contributed by atoms with Gasteiger partial charge in [0.15, 0.2) is 5.96 Å².